The van der Waals surface area contributed by atoms with Crippen LogP contribution in [0.5, 0.6) is 0 Å². The molecule has 0 radical (unpaired) electrons. The number of nitrogens with two attached hydrogens (primary N) is 1. The number of hydrogen-bond donors (Lipinski definition) is 2. The molecule has 0 bridgehead atoms. The van der Waals surface area contributed by atoms with E-state index in [2.05, 4.69) is 15.2 Å². The fourth-order valence-corrected chi connectivity index (χ4v) is 3.58. The molecule has 1 unspecified atom stereocenters. The Bertz CT molecular complexity index is 613. The van der Waals surface area contributed by atoms with Gasteiger partial charge in [0.05, 0.1) is 6.04 Å². The summed E-state index contributed by atoms with van der Waals surface area (Å²) < 4.78 is 5.30. The highest BCUT2D eigenvalue weighted by molar-refractivity contribution is 5.83. The van der Waals surface area contributed by atoms with Gasteiger partial charge < -0.3 is 25.6 Å². The minimum atomic E-state index is -0.522. The van der Waals surface area contributed by atoms with Crippen LogP contribution in [0, 0.1) is 5.92 Å². The first-order valence-electron chi connectivity index (χ1n) is 9.70. The molecule has 1 aromatic rings. The quantitative estimate of drug-likeness (QED) is 0.725. The average molecular weight is 375 g/mol. The van der Waals surface area contributed by atoms with E-state index in [4.69, 9.17) is 10.5 Å². The molecule has 8 heteroatoms. The Kier molecular flexibility index (Phi) is 7.00. The molecule has 148 valence electrons. The number of nitrogens with zero attached hydrogens (tertiary/aromatic N) is 3. The number of hydrogen-bond acceptors (Lipinski definition) is 6. The average Bonchev–Trinajstić information content (AvgIpc) is 2.74. The van der Waals surface area contributed by atoms with Gasteiger partial charge in [0.15, 0.2) is 0 Å². The summed E-state index contributed by atoms with van der Waals surface area (Å²) in [7, 11) is 0. The molecule has 0 spiro atoms. The van der Waals surface area contributed by atoms with Gasteiger partial charge in [-0.2, -0.15) is 0 Å². The molecule has 0 saturated carbocycles. The van der Waals surface area contributed by atoms with Crippen molar-refractivity contribution in [2.75, 3.05) is 50.8 Å². The Morgan fingerprint density at radius 2 is 1.96 bits per heavy atom. The van der Waals surface area contributed by atoms with Crippen LogP contribution in [0.2, 0.25) is 0 Å². The van der Waals surface area contributed by atoms with Crippen molar-refractivity contribution in [3.8, 4) is 0 Å². The van der Waals surface area contributed by atoms with E-state index in [1.165, 1.54) is 0 Å². The summed E-state index contributed by atoms with van der Waals surface area (Å²) >= 11 is 0. The van der Waals surface area contributed by atoms with E-state index in [-0.39, 0.29) is 17.7 Å². The summed E-state index contributed by atoms with van der Waals surface area (Å²) in [5.74, 6) is 0.998. The van der Waals surface area contributed by atoms with Crippen LogP contribution in [-0.2, 0) is 14.3 Å². The molecule has 2 saturated heterocycles. The summed E-state index contributed by atoms with van der Waals surface area (Å²) in [4.78, 5) is 33.0. The first-order valence-corrected chi connectivity index (χ1v) is 9.70. The molecule has 1 atom stereocenters. The number of pyridine rings is 1. The lowest BCUT2D eigenvalue weighted by molar-refractivity contribution is -0.131. The van der Waals surface area contributed by atoms with Gasteiger partial charge in [-0.15, -0.1) is 0 Å². The Morgan fingerprint density at radius 3 is 2.63 bits per heavy atom. The smallest absolute Gasteiger partial charge is 0.237 e. The maximum atomic E-state index is 12.4. The van der Waals surface area contributed by atoms with Crippen molar-refractivity contribution in [2.45, 2.75) is 25.3 Å². The number of aromatic nitrogens is 1. The number of ether oxygens (including phenoxy) is 1. The number of anilines is 1. The number of carbonyl (C=O) groups excluding carboxylic acids is 2. The van der Waals surface area contributed by atoms with Gasteiger partial charge in [0.25, 0.3) is 0 Å². The van der Waals surface area contributed by atoms with Crippen molar-refractivity contribution in [1.82, 2.24) is 15.2 Å². The molecule has 1 aromatic heterocycles. The first kappa shape index (κ1) is 19.6. The molecule has 3 heterocycles. The van der Waals surface area contributed by atoms with Crippen LogP contribution >= 0.6 is 0 Å². The molecule has 0 aliphatic carbocycles. The summed E-state index contributed by atoms with van der Waals surface area (Å²) in [5, 5.41) is 2.81. The molecule has 2 aliphatic rings. The van der Waals surface area contributed by atoms with Gasteiger partial charge >= 0.3 is 0 Å². The Labute approximate surface area is 160 Å². The second kappa shape index (κ2) is 9.66. The summed E-state index contributed by atoms with van der Waals surface area (Å²) in [6.45, 7) is 4.53. The zero-order valence-corrected chi connectivity index (χ0v) is 15.7. The lowest BCUT2D eigenvalue weighted by Gasteiger charge is -2.35. The SMILES string of the molecule is NC(C(=O)NCCC(=O)N1CCN(c2ccccn2)CC1)C1CCOCC1. The highest BCUT2D eigenvalue weighted by Crippen LogP contribution is 2.17. The van der Waals surface area contributed by atoms with Gasteiger partial charge in [0, 0.05) is 58.6 Å². The molecular formula is C19H29N5O3. The minimum Gasteiger partial charge on any atom is -0.381 e. The number of piperazine rings is 1. The molecule has 0 aromatic carbocycles. The van der Waals surface area contributed by atoms with Crippen molar-refractivity contribution in [3.63, 3.8) is 0 Å². The predicted octanol–water partition coefficient (Wildman–Crippen LogP) is -0.00960. The summed E-state index contributed by atoms with van der Waals surface area (Å²) in [6, 6.07) is 5.32. The standard InChI is InChI=1S/C19H29N5O3/c20-18(15-5-13-27-14-6-15)19(26)22-8-4-17(25)24-11-9-23(10-12-24)16-3-1-2-7-21-16/h1-3,7,15,18H,4-6,8-14,20H2,(H,22,26). The van der Waals surface area contributed by atoms with E-state index in [9.17, 15) is 9.59 Å². The number of rotatable bonds is 6. The van der Waals surface area contributed by atoms with Gasteiger partial charge in [-0.25, -0.2) is 4.98 Å². The zero-order valence-electron chi connectivity index (χ0n) is 15.7. The topological polar surface area (TPSA) is 101 Å². The largest absolute Gasteiger partial charge is 0.381 e. The van der Waals surface area contributed by atoms with Gasteiger partial charge in [-0.05, 0) is 30.9 Å². The Morgan fingerprint density at radius 1 is 1.22 bits per heavy atom. The second-order valence-corrected chi connectivity index (χ2v) is 7.07. The van der Waals surface area contributed by atoms with Crippen molar-refractivity contribution in [3.05, 3.63) is 24.4 Å². The second-order valence-electron chi connectivity index (χ2n) is 7.07. The molecular weight excluding hydrogens is 346 g/mol. The van der Waals surface area contributed by atoms with Crippen molar-refractivity contribution < 1.29 is 14.3 Å². The van der Waals surface area contributed by atoms with E-state index in [0.717, 1.165) is 31.7 Å². The Balaban J connectivity index is 1.35. The molecule has 27 heavy (non-hydrogen) atoms. The van der Waals surface area contributed by atoms with E-state index in [0.29, 0.717) is 39.3 Å². The lowest BCUT2D eigenvalue weighted by atomic mass is 9.92. The van der Waals surface area contributed by atoms with E-state index >= 15 is 0 Å². The van der Waals surface area contributed by atoms with Gasteiger partial charge in [0.1, 0.15) is 5.82 Å². The maximum Gasteiger partial charge on any atom is 0.237 e. The van der Waals surface area contributed by atoms with Crippen LogP contribution in [0.15, 0.2) is 24.4 Å². The van der Waals surface area contributed by atoms with E-state index in [1.54, 1.807) is 6.20 Å². The Hall–Kier alpha value is -2.19. The van der Waals surface area contributed by atoms with Crippen LogP contribution in [-0.4, -0.2) is 73.7 Å². The summed E-state index contributed by atoms with van der Waals surface area (Å²) in [5.41, 5.74) is 6.05. The molecule has 2 fully saturated rings. The van der Waals surface area contributed by atoms with Crippen LogP contribution in [0.4, 0.5) is 5.82 Å². The van der Waals surface area contributed by atoms with Crippen molar-refractivity contribution in [1.29, 1.82) is 0 Å². The van der Waals surface area contributed by atoms with Crippen molar-refractivity contribution in [2.24, 2.45) is 11.7 Å². The fourth-order valence-electron chi connectivity index (χ4n) is 3.58. The van der Waals surface area contributed by atoms with Crippen LogP contribution in [0.1, 0.15) is 19.3 Å². The van der Waals surface area contributed by atoms with Gasteiger partial charge in [-0.1, -0.05) is 6.07 Å². The highest BCUT2D eigenvalue weighted by Gasteiger charge is 2.27. The van der Waals surface area contributed by atoms with Crippen LogP contribution < -0.4 is 16.0 Å². The third kappa shape index (κ3) is 5.40. The van der Waals surface area contributed by atoms with Gasteiger partial charge in [0.2, 0.25) is 11.8 Å². The normalized spacial score (nSPS) is 19.6. The highest BCUT2D eigenvalue weighted by atomic mass is 16.5. The summed E-state index contributed by atoms with van der Waals surface area (Å²) in [6.07, 6.45) is 3.71. The minimum absolute atomic E-state index is 0.0654. The third-order valence-corrected chi connectivity index (χ3v) is 5.32. The zero-order chi connectivity index (χ0) is 19.1. The fraction of sp³-hybridized carbons (Fsp3) is 0.632. The maximum absolute atomic E-state index is 12.4. The molecule has 8 nitrogen and oxygen atoms in total. The molecule has 3 N–H and O–H groups in total. The number of nitrogens with one attached hydrogen (secondary N) is 1. The third-order valence-electron chi connectivity index (χ3n) is 5.32. The van der Waals surface area contributed by atoms with E-state index < -0.39 is 6.04 Å². The molecule has 3 rings (SSSR count). The van der Waals surface area contributed by atoms with Crippen LogP contribution in [0.25, 0.3) is 0 Å². The monoisotopic (exact) mass is 375 g/mol. The van der Waals surface area contributed by atoms with Crippen molar-refractivity contribution >= 4 is 17.6 Å². The van der Waals surface area contributed by atoms with Crippen LogP contribution in [0.3, 0.4) is 0 Å². The first-order chi connectivity index (χ1) is 13.1. The van der Waals surface area contributed by atoms with E-state index in [1.807, 2.05) is 23.1 Å². The molecule has 2 aliphatic heterocycles. The molecule has 2 amide bonds. The number of amides is 2. The lowest BCUT2D eigenvalue weighted by Crippen LogP contribution is -2.50. The van der Waals surface area contributed by atoms with Gasteiger partial charge in [-0.3, -0.25) is 9.59 Å². The predicted molar refractivity (Wildman–Crippen MR) is 102 cm³/mol. The number of carbonyl (C=O) groups is 2.